The summed E-state index contributed by atoms with van der Waals surface area (Å²) in [4.78, 5) is 12.7. The van der Waals surface area contributed by atoms with Crippen LogP contribution in [0.4, 0.5) is 5.69 Å². The fourth-order valence-corrected chi connectivity index (χ4v) is 2.35. The molecule has 0 saturated carbocycles. The molecule has 0 fully saturated rings. The Labute approximate surface area is 151 Å². The highest BCUT2D eigenvalue weighted by Gasteiger charge is 2.32. The number of nitrogens with zero attached hydrogens (tertiary/aromatic N) is 1. The van der Waals surface area contributed by atoms with Crippen LogP contribution in [0.25, 0.3) is 0 Å². The average molecular weight is 346 g/mol. The smallest absolute Gasteiger partial charge is 0.256 e. The Morgan fingerprint density at radius 1 is 1.36 bits per heavy atom. The maximum absolute atomic E-state index is 12.7. The molecule has 0 aromatic heterocycles. The zero-order valence-electron chi connectivity index (χ0n) is 16.0. The molecule has 0 radical (unpaired) electrons. The van der Waals surface area contributed by atoms with E-state index >= 15 is 0 Å². The molecule has 138 valence electrons. The van der Waals surface area contributed by atoms with Gasteiger partial charge in [0.15, 0.2) is 0 Å². The molecule has 0 aliphatic rings. The van der Waals surface area contributed by atoms with Crippen molar-refractivity contribution in [3.8, 4) is 11.8 Å². The van der Waals surface area contributed by atoms with Crippen molar-refractivity contribution in [2.24, 2.45) is 5.92 Å². The summed E-state index contributed by atoms with van der Waals surface area (Å²) in [5.74, 6) is 0.787. The van der Waals surface area contributed by atoms with Crippen molar-refractivity contribution in [3.63, 3.8) is 0 Å². The molecule has 25 heavy (non-hydrogen) atoms. The van der Waals surface area contributed by atoms with Crippen molar-refractivity contribution in [2.45, 2.75) is 59.0 Å². The predicted octanol–water partition coefficient (Wildman–Crippen LogP) is 4.52. The Morgan fingerprint density at radius 3 is 2.64 bits per heavy atom. The number of rotatable bonds is 10. The van der Waals surface area contributed by atoms with Crippen LogP contribution in [0, 0.1) is 17.2 Å². The molecule has 0 aliphatic heterocycles. The third-order valence-electron chi connectivity index (χ3n) is 4.13. The van der Waals surface area contributed by atoms with Gasteiger partial charge in [0.25, 0.3) is 5.91 Å². The Hall–Kier alpha value is -2.06. The van der Waals surface area contributed by atoms with Crippen LogP contribution in [0.5, 0.6) is 5.75 Å². The van der Waals surface area contributed by atoms with Gasteiger partial charge in [-0.1, -0.05) is 40.0 Å². The van der Waals surface area contributed by atoms with Crippen LogP contribution in [0.1, 0.15) is 58.9 Å². The lowest BCUT2D eigenvalue weighted by molar-refractivity contribution is -0.136. The number of unbranched alkanes of at least 4 members (excludes halogenated alkanes) is 2. The van der Waals surface area contributed by atoms with Crippen LogP contribution in [0.3, 0.4) is 0 Å². The number of amides is 1. The molecule has 1 unspecified atom stereocenters. The fourth-order valence-electron chi connectivity index (χ4n) is 2.35. The second kappa shape index (κ2) is 10.0. The first-order chi connectivity index (χ1) is 11.9. The van der Waals surface area contributed by atoms with Crippen molar-refractivity contribution >= 4 is 11.6 Å². The molecule has 0 bridgehead atoms. The molecule has 1 amide bonds. The topological polar surface area (TPSA) is 71.3 Å². The highest BCUT2D eigenvalue weighted by Crippen LogP contribution is 2.25. The second-order valence-corrected chi connectivity index (χ2v) is 6.87. The minimum absolute atomic E-state index is 0.238. The first kappa shape index (κ1) is 21.0. The second-order valence-electron chi connectivity index (χ2n) is 6.87. The van der Waals surface area contributed by atoms with Crippen LogP contribution in [-0.4, -0.2) is 25.2 Å². The van der Waals surface area contributed by atoms with Crippen molar-refractivity contribution in [1.29, 1.82) is 5.26 Å². The first-order valence-electron chi connectivity index (χ1n) is 8.89. The van der Waals surface area contributed by atoms with Gasteiger partial charge in [-0.05, 0) is 37.5 Å². The summed E-state index contributed by atoms with van der Waals surface area (Å²) < 4.78 is 11.1. The standard InChI is InChI=1S/C20H30N2O3/c1-6-7-8-11-20(4,24-5)19(23)22-18-10-9-17(12-16(18)13-21)25-14-15(2)3/h9-10,12,15H,6-8,11,14H2,1-5H3,(H,22,23). The summed E-state index contributed by atoms with van der Waals surface area (Å²) in [5, 5.41) is 12.2. The largest absolute Gasteiger partial charge is 0.493 e. The van der Waals surface area contributed by atoms with E-state index in [4.69, 9.17) is 9.47 Å². The Morgan fingerprint density at radius 2 is 2.08 bits per heavy atom. The van der Waals surface area contributed by atoms with Gasteiger partial charge in [0, 0.05) is 7.11 Å². The van der Waals surface area contributed by atoms with Gasteiger partial charge in [-0.25, -0.2) is 0 Å². The van der Waals surface area contributed by atoms with Crippen LogP contribution in [0.15, 0.2) is 18.2 Å². The van der Waals surface area contributed by atoms with Crippen molar-refractivity contribution in [2.75, 3.05) is 19.0 Å². The number of anilines is 1. The zero-order valence-corrected chi connectivity index (χ0v) is 16.0. The summed E-state index contributed by atoms with van der Waals surface area (Å²) in [7, 11) is 1.54. The van der Waals surface area contributed by atoms with Crippen LogP contribution >= 0.6 is 0 Å². The Bertz CT molecular complexity index is 607. The van der Waals surface area contributed by atoms with E-state index in [1.807, 2.05) is 0 Å². The Kier molecular flexibility index (Phi) is 8.44. The number of ether oxygens (including phenoxy) is 2. The van der Waals surface area contributed by atoms with E-state index in [-0.39, 0.29) is 5.91 Å². The van der Waals surface area contributed by atoms with Gasteiger partial charge in [-0.15, -0.1) is 0 Å². The summed E-state index contributed by atoms with van der Waals surface area (Å²) >= 11 is 0. The van der Waals surface area contributed by atoms with Gasteiger partial charge in [0.1, 0.15) is 17.4 Å². The molecular weight excluding hydrogens is 316 g/mol. The summed E-state index contributed by atoms with van der Waals surface area (Å²) in [6, 6.07) is 7.23. The van der Waals surface area contributed by atoms with E-state index in [1.54, 1.807) is 32.2 Å². The normalized spacial score (nSPS) is 13.2. The maximum Gasteiger partial charge on any atom is 0.256 e. The highest BCUT2D eigenvalue weighted by atomic mass is 16.5. The van der Waals surface area contributed by atoms with Gasteiger partial charge in [-0.3, -0.25) is 4.79 Å². The summed E-state index contributed by atoms with van der Waals surface area (Å²) in [6.07, 6.45) is 3.69. The molecule has 1 atom stereocenters. The van der Waals surface area contributed by atoms with E-state index in [0.717, 1.165) is 19.3 Å². The third kappa shape index (κ3) is 6.39. The quantitative estimate of drug-likeness (QED) is 0.632. The Balaban J connectivity index is 2.86. The predicted molar refractivity (Wildman–Crippen MR) is 99.7 cm³/mol. The summed E-state index contributed by atoms with van der Waals surface area (Å²) in [5.41, 5.74) is -0.0564. The van der Waals surface area contributed by atoms with Gasteiger partial charge < -0.3 is 14.8 Å². The minimum Gasteiger partial charge on any atom is -0.493 e. The molecule has 1 rings (SSSR count). The molecule has 0 saturated heterocycles. The number of nitrogens with one attached hydrogen (secondary N) is 1. The third-order valence-corrected chi connectivity index (χ3v) is 4.13. The van der Waals surface area contributed by atoms with Gasteiger partial charge in [-0.2, -0.15) is 5.26 Å². The molecule has 1 N–H and O–H groups in total. The van der Waals surface area contributed by atoms with Crippen molar-refractivity contribution in [3.05, 3.63) is 23.8 Å². The molecule has 0 aliphatic carbocycles. The van der Waals surface area contributed by atoms with Crippen molar-refractivity contribution < 1.29 is 14.3 Å². The molecule has 1 aromatic carbocycles. The molecule has 5 heteroatoms. The molecule has 5 nitrogen and oxygen atoms in total. The van der Waals surface area contributed by atoms with E-state index < -0.39 is 5.60 Å². The number of nitriles is 1. The number of hydrogen-bond donors (Lipinski definition) is 1. The SMILES string of the molecule is CCCCCC(C)(OC)C(=O)Nc1ccc(OCC(C)C)cc1C#N. The van der Waals surface area contributed by atoms with E-state index in [2.05, 4.69) is 32.2 Å². The van der Waals surface area contributed by atoms with E-state index in [1.165, 1.54) is 0 Å². The van der Waals surface area contributed by atoms with Gasteiger partial charge in [0.2, 0.25) is 0 Å². The minimum atomic E-state index is -0.908. The van der Waals surface area contributed by atoms with Crippen LogP contribution in [0.2, 0.25) is 0 Å². The maximum atomic E-state index is 12.7. The van der Waals surface area contributed by atoms with E-state index in [0.29, 0.717) is 35.9 Å². The number of carbonyl (C=O) groups is 1. The number of carbonyl (C=O) groups excluding carboxylic acids is 1. The van der Waals surface area contributed by atoms with Gasteiger partial charge in [0.05, 0.1) is 17.9 Å². The van der Waals surface area contributed by atoms with Crippen LogP contribution in [-0.2, 0) is 9.53 Å². The molecule has 0 heterocycles. The lowest BCUT2D eigenvalue weighted by Crippen LogP contribution is -2.42. The molecular formula is C20H30N2O3. The van der Waals surface area contributed by atoms with Gasteiger partial charge >= 0.3 is 0 Å². The van der Waals surface area contributed by atoms with E-state index in [9.17, 15) is 10.1 Å². The lowest BCUT2D eigenvalue weighted by atomic mass is 9.96. The highest BCUT2D eigenvalue weighted by molar-refractivity contribution is 5.98. The number of hydrogen-bond acceptors (Lipinski definition) is 4. The lowest BCUT2D eigenvalue weighted by Gasteiger charge is -2.27. The monoisotopic (exact) mass is 346 g/mol. The number of benzene rings is 1. The van der Waals surface area contributed by atoms with Crippen LogP contribution < -0.4 is 10.1 Å². The molecule has 1 aromatic rings. The summed E-state index contributed by atoms with van der Waals surface area (Å²) in [6.45, 7) is 8.60. The van der Waals surface area contributed by atoms with Crippen molar-refractivity contribution in [1.82, 2.24) is 0 Å². The zero-order chi connectivity index (χ0) is 18.9. The fraction of sp³-hybridized carbons (Fsp3) is 0.600. The number of methoxy groups -OCH3 is 1. The first-order valence-corrected chi connectivity index (χ1v) is 8.89. The average Bonchev–Trinajstić information content (AvgIpc) is 2.60. The molecule has 0 spiro atoms.